The average Bonchev–Trinajstić information content (AvgIpc) is 2.43. The van der Waals surface area contributed by atoms with Crippen LogP contribution < -0.4 is 0 Å². The van der Waals surface area contributed by atoms with Gasteiger partial charge in [-0.15, -0.1) is 0 Å². The lowest BCUT2D eigenvalue weighted by molar-refractivity contribution is -0.157. The summed E-state index contributed by atoms with van der Waals surface area (Å²) in [6.07, 6.45) is 1.62. The highest BCUT2D eigenvalue weighted by Crippen LogP contribution is 2.04. The second kappa shape index (κ2) is 11.1. The molecule has 0 aromatic heterocycles. The van der Waals surface area contributed by atoms with E-state index >= 15 is 0 Å². The van der Waals surface area contributed by atoms with E-state index < -0.39 is 42.0 Å². The molecule has 0 aliphatic rings. The SMILES string of the molecule is C[C@H](O)C/C=C/C(=O)O[C@H](C)CC(=O)O[C@@H](C)C(=O)/C=C/C(=O)O. The second-order valence-corrected chi connectivity index (χ2v) is 5.14. The highest BCUT2D eigenvalue weighted by atomic mass is 16.6. The van der Waals surface area contributed by atoms with E-state index in [4.69, 9.17) is 19.7 Å². The van der Waals surface area contributed by atoms with Gasteiger partial charge < -0.3 is 19.7 Å². The molecule has 0 bridgehead atoms. The summed E-state index contributed by atoms with van der Waals surface area (Å²) in [5.41, 5.74) is 0. The zero-order chi connectivity index (χ0) is 18.7. The molecule has 24 heavy (non-hydrogen) atoms. The van der Waals surface area contributed by atoms with Crippen molar-refractivity contribution in [3.8, 4) is 0 Å². The fourth-order valence-corrected chi connectivity index (χ4v) is 1.47. The fraction of sp³-hybridized carbons (Fsp3) is 0.500. The van der Waals surface area contributed by atoms with Crippen LogP contribution in [0.2, 0.25) is 0 Å². The van der Waals surface area contributed by atoms with Gasteiger partial charge in [-0.05, 0) is 33.3 Å². The number of aliphatic carboxylic acids is 1. The molecule has 0 fully saturated rings. The Labute approximate surface area is 139 Å². The Bertz CT molecular complexity index is 518. The molecule has 3 atom stereocenters. The number of ether oxygens (including phenoxy) is 2. The average molecular weight is 342 g/mol. The highest BCUT2D eigenvalue weighted by Gasteiger charge is 2.19. The van der Waals surface area contributed by atoms with Crippen molar-refractivity contribution in [2.24, 2.45) is 0 Å². The first-order valence-corrected chi connectivity index (χ1v) is 7.31. The van der Waals surface area contributed by atoms with Crippen LogP contribution in [0.4, 0.5) is 0 Å². The number of hydrogen-bond donors (Lipinski definition) is 2. The zero-order valence-corrected chi connectivity index (χ0v) is 13.8. The van der Waals surface area contributed by atoms with Crippen molar-refractivity contribution in [2.75, 3.05) is 0 Å². The summed E-state index contributed by atoms with van der Waals surface area (Å²) < 4.78 is 9.77. The zero-order valence-electron chi connectivity index (χ0n) is 13.8. The summed E-state index contributed by atoms with van der Waals surface area (Å²) in [6.45, 7) is 4.36. The van der Waals surface area contributed by atoms with E-state index in [1.807, 2.05) is 0 Å². The molecule has 2 N–H and O–H groups in total. The summed E-state index contributed by atoms with van der Waals surface area (Å²) >= 11 is 0. The predicted octanol–water partition coefficient (Wildman–Crippen LogP) is 0.777. The van der Waals surface area contributed by atoms with Gasteiger partial charge in [-0.3, -0.25) is 9.59 Å². The second-order valence-electron chi connectivity index (χ2n) is 5.14. The van der Waals surface area contributed by atoms with Crippen molar-refractivity contribution < 1.29 is 38.9 Å². The summed E-state index contributed by atoms with van der Waals surface area (Å²) in [4.78, 5) is 44.8. The van der Waals surface area contributed by atoms with E-state index in [1.54, 1.807) is 6.92 Å². The van der Waals surface area contributed by atoms with E-state index in [-0.39, 0.29) is 6.42 Å². The van der Waals surface area contributed by atoms with Crippen molar-refractivity contribution in [1.29, 1.82) is 0 Å². The molecule has 0 spiro atoms. The molecule has 0 saturated carbocycles. The van der Waals surface area contributed by atoms with Crippen LogP contribution in [0.1, 0.15) is 33.6 Å². The number of carbonyl (C=O) groups is 4. The molecule has 0 aliphatic carbocycles. The molecule has 8 heteroatoms. The van der Waals surface area contributed by atoms with Crippen LogP contribution in [0.15, 0.2) is 24.3 Å². The van der Waals surface area contributed by atoms with Gasteiger partial charge >= 0.3 is 17.9 Å². The number of carbonyl (C=O) groups excluding carboxylic acids is 3. The number of hydrogen-bond acceptors (Lipinski definition) is 7. The smallest absolute Gasteiger partial charge is 0.330 e. The number of carboxylic acids is 1. The van der Waals surface area contributed by atoms with Crippen LogP contribution >= 0.6 is 0 Å². The third-order valence-electron chi connectivity index (χ3n) is 2.60. The van der Waals surface area contributed by atoms with Crippen LogP contribution in [0, 0.1) is 0 Å². The van der Waals surface area contributed by atoms with Crippen molar-refractivity contribution in [3.63, 3.8) is 0 Å². The molecule has 8 nitrogen and oxygen atoms in total. The minimum atomic E-state index is -1.29. The standard InChI is InChI=1S/C16H22O8/c1-10(17)5-4-6-15(21)23-11(2)9-16(22)24-12(3)13(18)7-8-14(19)20/h4,6-8,10-12,17H,5,9H2,1-3H3,(H,19,20)/b6-4+,8-7+/t10-,11+,12-/m0/s1. The molecule has 0 aromatic rings. The van der Waals surface area contributed by atoms with Crippen molar-refractivity contribution >= 4 is 23.7 Å². The molecule has 0 heterocycles. The Hall–Kier alpha value is -2.48. The molecule has 134 valence electrons. The van der Waals surface area contributed by atoms with Gasteiger partial charge in [0.2, 0.25) is 0 Å². The third kappa shape index (κ3) is 11.1. The van der Waals surface area contributed by atoms with Crippen LogP contribution in [0.25, 0.3) is 0 Å². The van der Waals surface area contributed by atoms with E-state index in [1.165, 1.54) is 19.9 Å². The lowest BCUT2D eigenvalue weighted by atomic mass is 10.2. The predicted molar refractivity (Wildman–Crippen MR) is 82.9 cm³/mol. The minimum absolute atomic E-state index is 0.254. The van der Waals surface area contributed by atoms with Gasteiger partial charge in [0.25, 0.3) is 0 Å². The summed E-state index contributed by atoms with van der Waals surface area (Å²) in [6, 6.07) is 0. The minimum Gasteiger partial charge on any atom is -0.478 e. The monoisotopic (exact) mass is 342 g/mol. The first-order chi connectivity index (χ1) is 11.1. The van der Waals surface area contributed by atoms with E-state index in [9.17, 15) is 19.2 Å². The fourth-order valence-electron chi connectivity index (χ4n) is 1.47. The normalized spacial score (nSPS) is 15.0. The van der Waals surface area contributed by atoms with Gasteiger partial charge in [0.05, 0.1) is 12.5 Å². The maximum atomic E-state index is 11.6. The molecule has 0 saturated heterocycles. The van der Waals surface area contributed by atoms with Crippen LogP contribution in [-0.2, 0) is 28.7 Å². The van der Waals surface area contributed by atoms with Crippen molar-refractivity contribution in [2.45, 2.75) is 51.9 Å². The first-order valence-electron chi connectivity index (χ1n) is 7.31. The Morgan fingerprint density at radius 2 is 1.62 bits per heavy atom. The number of aliphatic hydroxyl groups excluding tert-OH is 1. The van der Waals surface area contributed by atoms with E-state index in [2.05, 4.69) is 0 Å². The molecular weight excluding hydrogens is 320 g/mol. The maximum absolute atomic E-state index is 11.6. The van der Waals surface area contributed by atoms with Gasteiger partial charge in [-0.1, -0.05) is 6.08 Å². The lowest BCUT2D eigenvalue weighted by Gasteiger charge is -2.14. The topological polar surface area (TPSA) is 127 Å². The van der Waals surface area contributed by atoms with E-state index in [0.29, 0.717) is 12.5 Å². The summed E-state index contributed by atoms with van der Waals surface area (Å²) in [5, 5.41) is 17.4. The number of aliphatic hydroxyl groups is 1. The van der Waals surface area contributed by atoms with Gasteiger partial charge in [-0.25, -0.2) is 9.59 Å². The molecular formula is C16H22O8. The molecule has 0 aliphatic heterocycles. The largest absolute Gasteiger partial charge is 0.478 e. The quantitative estimate of drug-likeness (QED) is 0.440. The summed E-state index contributed by atoms with van der Waals surface area (Å²) in [7, 11) is 0. The Morgan fingerprint density at radius 1 is 1.00 bits per heavy atom. The van der Waals surface area contributed by atoms with E-state index in [0.717, 1.165) is 12.2 Å². The van der Waals surface area contributed by atoms with Crippen molar-refractivity contribution in [3.05, 3.63) is 24.3 Å². The van der Waals surface area contributed by atoms with Crippen LogP contribution in [0.5, 0.6) is 0 Å². The van der Waals surface area contributed by atoms with Gasteiger partial charge in [0.1, 0.15) is 6.10 Å². The maximum Gasteiger partial charge on any atom is 0.330 e. The molecule has 0 rings (SSSR count). The number of rotatable bonds is 10. The molecule has 0 aromatic carbocycles. The highest BCUT2D eigenvalue weighted by molar-refractivity contribution is 5.98. The number of carboxylic acid groups (broad SMARTS) is 1. The molecule has 0 amide bonds. The Morgan fingerprint density at radius 3 is 2.17 bits per heavy atom. The van der Waals surface area contributed by atoms with Crippen LogP contribution in [0.3, 0.4) is 0 Å². The van der Waals surface area contributed by atoms with Gasteiger partial charge in [0.15, 0.2) is 11.9 Å². The molecule has 0 radical (unpaired) electrons. The van der Waals surface area contributed by atoms with Gasteiger partial charge in [-0.2, -0.15) is 0 Å². The molecule has 0 unspecified atom stereocenters. The number of ketones is 1. The third-order valence-corrected chi connectivity index (χ3v) is 2.60. The Kier molecular flexibility index (Phi) is 9.97. The van der Waals surface area contributed by atoms with Crippen LogP contribution in [-0.4, -0.2) is 52.2 Å². The lowest BCUT2D eigenvalue weighted by Crippen LogP contribution is -2.26. The van der Waals surface area contributed by atoms with Gasteiger partial charge in [0, 0.05) is 12.2 Å². The van der Waals surface area contributed by atoms with Crippen molar-refractivity contribution in [1.82, 2.24) is 0 Å². The summed E-state index contributed by atoms with van der Waals surface area (Å²) in [5.74, 6) is -3.38. The first kappa shape index (κ1) is 21.5. The Balaban J connectivity index is 4.26. The number of esters is 2.